The van der Waals surface area contributed by atoms with Crippen molar-refractivity contribution in [2.45, 2.75) is 32.9 Å². The molecule has 0 spiro atoms. The quantitative estimate of drug-likeness (QED) is 0.616. The molecular weight excluding hydrogens is 246 g/mol. The smallest absolute Gasteiger partial charge is 0.328 e. The summed E-state index contributed by atoms with van der Waals surface area (Å²) in [7, 11) is 0. The van der Waals surface area contributed by atoms with Crippen LogP contribution in [0, 0.1) is 5.92 Å². The SMILES string of the molecule is CC(=O)SCC(C)C(=O)N[C@H](C(=O)O)[C@@H](C)O. The van der Waals surface area contributed by atoms with Crippen molar-refractivity contribution in [3.8, 4) is 0 Å². The summed E-state index contributed by atoms with van der Waals surface area (Å²) in [6.45, 7) is 4.27. The zero-order valence-corrected chi connectivity index (χ0v) is 10.8. The molecule has 3 atom stereocenters. The molecule has 0 heterocycles. The molecule has 0 aliphatic carbocycles. The molecule has 0 fully saturated rings. The van der Waals surface area contributed by atoms with E-state index in [1.807, 2.05) is 0 Å². The molecule has 0 saturated heterocycles. The van der Waals surface area contributed by atoms with E-state index in [0.717, 1.165) is 11.8 Å². The first kappa shape index (κ1) is 15.9. The number of thioether (sulfide) groups is 1. The third-order valence-corrected chi connectivity index (χ3v) is 3.10. The van der Waals surface area contributed by atoms with Gasteiger partial charge in [-0.05, 0) is 6.92 Å². The highest BCUT2D eigenvalue weighted by Crippen LogP contribution is 2.09. The van der Waals surface area contributed by atoms with Gasteiger partial charge in [0.15, 0.2) is 11.2 Å². The second kappa shape index (κ2) is 7.29. The average Bonchev–Trinajstić information content (AvgIpc) is 2.20. The Morgan fingerprint density at radius 3 is 2.18 bits per heavy atom. The molecule has 1 unspecified atom stereocenters. The van der Waals surface area contributed by atoms with E-state index in [1.54, 1.807) is 6.92 Å². The topological polar surface area (TPSA) is 104 Å². The van der Waals surface area contributed by atoms with E-state index in [2.05, 4.69) is 5.32 Å². The molecule has 0 aromatic heterocycles. The first-order valence-corrected chi connectivity index (χ1v) is 6.08. The number of carboxylic acids is 1. The predicted molar refractivity (Wildman–Crippen MR) is 63.6 cm³/mol. The van der Waals surface area contributed by atoms with E-state index in [0.29, 0.717) is 0 Å². The monoisotopic (exact) mass is 263 g/mol. The molecule has 0 saturated carbocycles. The molecule has 0 radical (unpaired) electrons. The van der Waals surface area contributed by atoms with Crippen molar-refractivity contribution in [3.05, 3.63) is 0 Å². The van der Waals surface area contributed by atoms with Crippen LogP contribution in [0.2, 0.25) is 0 Å². The Balaban J connectivity index is 4.31. The molecule has 1 amide bonds. The van der Waals surface area contributed by atoms with Crippen molar-refractivity contribution in [1.29, 1.82) is 0 Å². The molecule has 7 heteroatoms. The number of carbonyl (C=O) groups is 3. The largest absolute Gasteiger partial charge is 0.480 e. The highest BCUT2D eigenvalue weighted by Gasteiger charge is 2.26. The number of carbonyl (C=O) groups excluding carboxylic acids is 2. The fraction of sp³-hybridized carbons (Fsp3) is 0.700. The molecule has 3 N–H and O–H groups in total. The Morgan fingerprint density at radius 1 is 1.29 bits per heavy atom. The normalized spacial score (nSPS) is 15.8. The van der Waals surface area contributed by atoms with Gasteiger partial charge in [0, 0.05) is 18.6 Å². The number of hydrogen-bond donors (Lipinski definition) is 3. The Bertz CT molecular complexity index is 305. The zero-order valence-electron chi connectivity index (χ0n) is 9.97. The standard InChI is InChI=1S/C10H17NO5S/c1-5(4-17-7(3)13)9(14)11-8(6(2)12)10(15)16/h5-6,8,12H,4H2,1-3H3,(H,11,14)(H,15,16)/t5?,6-,8+/m1/s1. The van der Waals surface area contributed by atoms with Crippen molar-refractivity contribution in [2.24, 2.45) is 5.92 Å². The van der Waals surface area contributed by atoms with Gasteiger partial charge in [-0.15, -0.1) is 0 Å². The third kappa shape index (κ3) is 6.28. The van der Waals surface area contributed by atoms with Crippen LogP contribution < -0.4 is 5.32 Å². The Kier molecular flexibility index (Phi) is 6.82. The molecule has 17 heavy (non-hydrogen) atoms. The summed E-state index contributed by atoms with van der Waals surface area (Å²) >= 11 is 1.00. The molecule has 0 aromatic carbocycles. The van der Waals surface area contributed by atoms with E-state index < -0.39 is 29.9 Å². The van der Waals surface area contributed by atoms with Gasteiger partial charge in [0.25, 0.3) is 0 Å². The van der Waals surface area contributed by atoms with E-state index in [1.165, 1.54) is 13.8 Å². The minimum Gasteiger partial charge on any atom is -0.480 e. The van der Waals surface area contributed by atoms with Crippen molar-refractivity contribution >= 4 is 28.8 Å². The van der Waals surface area contributed by atoms with Gasteiger partial charge >= 0.3 is 5.97 Å². The Hall–Kier alpha value is -1.08. The second-order valence-corrected chi connectivity index (χ2v) is 4.97. The van der Waals surface area contributed by atoms with E-state index in [-0.39, 0.29) is 10.9 Å². The van der Waals surface area contributed by atoms with Crippen LogP contribution in [0.1, 0.15) is 20.8 Å². The summed E-state index contributed by atoms with van der Waals surface area (Å²) in [5.74, 6) is -2.00. The molecule has 0 bridgehead atoms. The number of aliphatic carboxylic acids is 1. The molecule has 0 rings (SSSR count). The molecule has 0 aromatic rings. The number of rotatable bonds is 6. The Labute approximate surface area is 104 Å². The summed E-state index contributed by atoms with van der Waals surface area (Å²) in [5, 5.41) is 20.1. The Morgan fingerprint density at radius 2 is 1.82 bits per heavy atom. The molecule has 98 valence electrons. The second-order valence-electron chi connectivity index (χ2n) is 3.77. The fourth-order valence-electron chi connectivity index (χ4n) is 1.00. The fourth-order valence-corrected chi connectivity index (χ4v) is 1.64. The van der Waals surface area contributed by atoms with Gasteiger partial charge in [-0.3, -0.25) is 9.59 Å². The highest BCUT2D eigenvalue weighted by molar-refractivity contribution is 8.13. The van der Waals surface area contributed by atoms with Crippen LogP contribution in [-0.2, 0) is 14.4 Å². The number of aliphatic hydroxyl groups excluding tert-OH is 1. The lowest BCUT2D eigenvalue weighted by Gasteiger charge is -2.19. The first-order chi connectivity index (χ1) is 7.75. The zero-order chi connectivity index (χ0) is 13.6. The maximum Gasteiger partial charge on any atom is 0.328 e. The van der Waals surface area contributed by atoms with Gasteiger partial charge in [-0.25, -0.2) is 4.79 Å². The summed E-state index contributed by atoms with van der Waals surface area (Å²) < 4.78 is 0. The van der Waals surface area contributed by atoms with Gasteiger partial charge in [0.1, 0.15) is 0 Å². The van der Waals surface area contributed by atoms with Crippen LogP contribution in [0.15, 0.2) is 0 Å². The van der Waals surface area contributed by atoms with Crippen LogP contribution in [0.3, 0.4) is 0 Å². The van der Waals surface area contributed by atoms with Crippen LogP contribution in [0.25, 0.3) is 0 Å². The lowest BCUT2D eigenvalue weighted by Crippen LogP contribution is -2.49. The van der Waals surface area contributed by atoms with Gasteiger partial charge < -0.3 is 15.5 Å². The number of hydrogen-bond acceptors (Lipinski definition) is 5. The van der Waals surface area contributed by atoms with Gasteiger partial charge in [-0.1, -0.05) is 18.7 Å². The van der Waals surface area contributed by atoms with E-state index >= 15 is 0 Å². The first-order valence-electron chi connectivity index (χ1n) is 5.10. The van der Waals surface area contributed by atoms with Crippen molar-refractivity contribution in [1.82, 2.24) is 5.32 Å². The van der Waals surface area contributed by atoms with Gasteiger partial charge in [-0.2, -0.15) is 0 Å². The maximum atomic E-state index is 11.6. The predicted octanol–water partition coefficient (Wildman–Crippen LogP) is -0.148. The van der Waals surface area contributed by atoms with Crippen molar-refractivity contribution in [2.75, 3.05) is 5.75 Å². The lowest BCUT2D eigenvalue weighted by molar-refractivity contribution is -0.145. The number of nitrogens with one attached hydrogen (secondary N) is 1. The molecule has 6 nitrogen and oxygen atoms in total. The summed E-state index contributed by atoms with van der Waals surface area (Å²) in [6.07, 6.45) is -1.18. The van der Waals surface area contributed by atoms with Gasteiger partial charge in [0.05, 0.1) is 6.10 Å². The minimum atomic E-state index is -1.33. The van der Waals surface area contributed by atoms with Crippen LogP contribution >= 0.6 is 11.8 Å². The van der Waals surface area contributed by atoms with Crippen LogP contribution in [0.5, 0.6) is 0 Å². The molecule has 0 aliphatic rings. The molecule has 0 aliphatic heterocycles. The number of carboxylic acid groups (broad SMARTS) is 1. The number of amides is 1. The highest BCUT2D eigenvalue weighted by atomic mass is 32.2. The van der Waals surface area contributed by atoms with Crippen LogP contribution in [-0.4, -0.2) is 45.1 Å². The summed E-state index contributed by atoms with van der Waals surface area (Å²) in [5.41, 5.74) is 0. The van der Waals surface area contributed by atoms with E-state index in [9.17, 15) is 19.5 Å². The summed E-state index contributed by atoms with van der Waals surface area (Å²) in [4.78, 5) is 33.0. The minimum absolute atomic E-state index is 0.102. The van der Waals surface area contributed by atoms with Gasteiger partial charge in [0.2, 0.25) is 5.91 Å². The van der Waals surface area contributed by atoms with Crippen molar-refractivity contribution < 1.29 is 24.6 Å². The third-order valence-electron chi connectivity index (χ3n) is 2.03. The summed E-state index contributed by atoms with van der Waals surface area (Å²) in [6, 6.07) is -1.33. The lowest BCUT2D eigenvalue weighted by atomic mass is 10.1. The molecular formula is C10H17NO5S. The average molecular weight is 263 g/mol. The van der Waals surface area contributed by atoms with Crippen molar-refractivity contribution in [3.63, 3.8) is 0 Å². The van der Waals surface area contributed by atoms with Crippen LogP contribution in [0.4, 0.5) is 0 Å². The van der Waals surface area contributed by atoms with E-state index in [4.69, 9.17) is 5.11 Å². The number of aliphatic hydroxyl groups is 1. The maximum absolute atomic E-state index is 11.6.